The Morgan fingerprint density at radius 1 is 1.44 bits per heavy atom. The maximum absolute atomic E-state index is 6.15. The van der Waals surface area contributed by atoms with Gasteiger partial charge in [0.05, 0.1) is 0 Å². The molecule has 1 aliphatic rings. The molecule has 2 heterocycles. The second kappa shape index (κ2) is 2.86. The average Bonchev–Trinajstić information content (AvgIpc) is 2.60. The zero-order chi connectivity index (χ0) is 11.5. The van der Waals surface area contributed by atoms with Crippen LogP contribution in [0.2, 0.25) is 0 Å². The number of pyridine rings is 1. The first-order valence-electron chi connectivity index (χ1n) is 5.69. The van der Waals surface area contributed by atoms with Crippen LogP contribution in [-0.2, 0) is 7.05 Å². The minimum atomic E-state index is 0.226. The molecular formula is C13H17N3. The summed E-state index contributed by atoms with van der Waals surface area (Å²) in [6, 6.07) is 4.41. The summed E-state index contributed by atoms with van der Waals surface area (Å²) in [6.07, 6.45) is 4.01. The maximum Gasteiger partial charge on any atom is 0.139 e. The van der Waals surface area contributed by atoms with Gasteiger partial charge >= 0.3 is 0 Å². The summed E-state index contributed by atoms with van der Waals surface area (Å²) in [4.78, 5) is 4.41. The third-order valence-corrected chi connectivity index (χ3v) is 4.01. The van der Waals surface area contributed by atoms with E-state index in [2.05, 4.69) is 35.7 Å². The Bertz CT molecular complexity index is 553. The lowest BCUT2D eigenvalue weighted by Crippen LogP contribution is -2.06. The summed E-state index contributed by atoms with van der Waals surface area (Å²) in [6.45, 7) is 4.47. The van der Waals surface area contributed by atoms with Crippen molar-refractivity contribution in [2.75, 3.05) is 0 Å². The molecule has 1 saturated carbocycles. The number of fused-ring (bicyclic) bond motifs is 1. The van der Waals surface area contributed by atoms with E-state index in [-0.39, 0.29) is 11.5 Å². The largest absolute Gasteiger partial charge is 0.335 e. The predicted molar refractivity (Wildman–Crippen MR) is 65.2 cm³/mol. The molecule has 2 N–H and O–H groups in total. The molecule has 0 spiro atoms. The molecule has 0 radical (unpaired) electrons. The van der Waals surface area contributed by atoms with Gasteiger partial charge in [-0.3, -0.25) is 0 Å². The fourth-order valence-electron chi connectivity index (χ4n) is 2.76. The van der Waals surface area contributed by atoms with Gasteiger partial charge < -0.3 is 10.3 Å². The fraction of sp³-hybridized carbons (Fsp3) is 0.462. The quantitative estimate of drug-likeness (QED) is 0.791. The van der Waals surface area contributed by atoms with Crippen molar-refractivity contribution in [1.29, 1.82) is 0 Å². The molecule has 2 aromatic rings. The molecule has 2 aromatic heterocycles. The molecule has 0 unspecified atom stereocenters. The molecule has 1 aliphatic carbocycles. The van der Waals surface area contributed by atoms with Gasteiger partial charge in [-0.05, 0) is 23.1 Å². The number of rotatable bonds is 1. The molecule has 0 saturated heterocycles. The van der Waals surface area contributed by atoms with Crippen LogP contribution in [0.5, 0.6) is 0 Å². The Kier molecular flexibility index (Phi) is 1.76. The van der Waals surface area contributed by atoms with E-state index in [0.29, 0.717) is 5.92 Å². The van der Waals surface area contributed by atoms with Crippen molar-refractivity contribution >= 4 is 11.0 Å². The fourth-order valence-corrected chi connectivity index (χ4v) is 2.76. The maximum atomic E-state index is 6.15. The molecule has 0 amide bonds. The lowest BCUT2D eigenvalue weighted by molar-refractivity contribution is 0.599. The predicted octanol–water partition coefficient (Wildman–Crippen LogP) is 2.02. The van der Waals surface area contributed by atoms with Crippen molar-refractivity contribution < 1.29 is 0 Å². The summed E-state index contributed by atoms with van der Waals surface area (Å²) in [7, 11) is 2.04. The van der Waals surface area contributed by atoms with Crippen LogP contribution in [0.3, 0.4) is 0 Å². The Morgan fingerprint density at radius 2 is 2.12 bits per heavy atom. The first-order valence-corrected chi connectivity index (χ1v) is 5.69. The van der Waals surface area contributed by atoms with Crippen molar-refractivity contribution in [2.45, 2.75) is 25.8 Å². The summed E-state index contributed by atoms with van der Waals surface area (Å²) in [5.74, 6) is 0.473. The highest BCUT2D eigenvalue weighted by molar-refractivity contribution is 5.82. The van der Waals surface area contributed by atoms with Crippen LogP contribution in [0, 0.1) is 5.41 Å². The second-order valence-corrected chi connectivity index (χ2v) is 5.39. The van der Waals surface area contributed by atoms with Gasteiger partial charge in [0.1, 0.15) is 5.65 Å². The second-order valence-electron chi connectivity index (χ2n) is 5.39. The van der Waals surface area contributed by atoms with Crippen molar-refractivity contribution in [1.82, 2.24) is 9.55 Å². The Balaban J connectivity index is 2.19. The minimum Gasteiger partial charge on any atom is -0.335 e. The highest BCUT2D eigenvalue weighted by atomic mass is 15.0. The number of aromatic nitrogens is 2. The van der Waals surface area contributed by atoms with E-state index in [0.717, 1.165) is 5.65 Å². The van der Waals surface area contributed by atoms with Gasteiger partial charge in [0.25, 0.3) is 0 Å². The van der Waals surface area contributed by atoms with Crippen LogP contribution in [0.4, 0.5) is 0 Å². The molecule has 3 heteroatoms. The van der Waals surface area contributed by atoms with Crippen LogP contribution in [0.1, 0.15) is 25.3 Å². The van der Waals surface area contributed by atoms with E-state index >= 15 is 0 Å². The molecule has 3 nitrogen and oxygen atoms in total. The molecule has 1 fully saturated rings. The Morgan fingerprint density at radius 3 is 2.75 bits per heavy atom. The highest BCUT2D eigenvalue weighted by Gasteiger charge is 2.56. The third-order valence-electron chi connectivity index (χ3n) is 4.01. The smallest absolute Gasteiger partial charge is 0.139 e. The van der Waals surface area contributed by atoms with Gasteiger partial charge in [-0.1, -0.05) is 13.8 Å². The van der Waals surface area contributed by atoms with Gasteiger partial charge in [0, 0.05) is 36.8 Å². The zero-order valence-corrected chi connectivity index (χ0v) is 9.94. The van der Waals surface area contributed by atoms with Crippen LogP contribution in [0.25, 0.3) is 11.0 Å². The summed E-state index contributed by atoms with van der Waals surface area (Å²) in [5.41, 5.74) is 8.77. The number of hydrogen-bond acceptors (Lipinski definition) is 2. The van der Waals surface area contributed by atoms with Crippen LogP contribution in [0.15, 0.2) is 24.5 Å². The molecule has 0 bridgehead atoms. The van der Waals surface area contributed by atoms with Gasteiger partial charge in [-0.15, -0.1) is 0 Å². The Hall–Kier alpha value is -1.35. The van der Waals surface area contributed by atoms with Crippen molar-refractivity contribution in [3.63, 3.8) is 0 Å². The standard InChI is InChI=1S/C13H17N3/c1-13(2)10(11(13)14)9-7-16(3)12-8(9)5-4-6-15-12/h4-7,10-11H,14H2,1-3H3/t10-,11-/m0/s1. The first kappa shape index (κ1) is 9.85. The van der Waals surface area contributed by atoms with Crippen molar-refractivity contribution in [2.24, 2.45) is 18.2 Å². The van der Waals surface area contributed by atoms with Gasteiger partial charge in [-0.25, -0.2) is 4.98 Å². The van der Waals surface area contributed by atoms with Gasteiger partial charge in [0.15, 0.2) is 0 Å². The molecule has 84 valence electrons. The Labute approximate surface area is 95.3 Å². The van der Waals surface area contributed by atoms with Gasteiger partial charge in [-0.2, -0.15) is 0 Å². The molecule has 0 aliphatic heterocycles. The van der Waals surface area contributed by atoms with E-state index in [1.54, 1.807) is 0 Å². The van der Waals surface area contributed by atoms with Crippen LogP contribution < -0.4 is 5.73 Å². The van der Waals surface area contributed by atoms with Crippen molar-refractivity contribution in [3.05, 3.63) is 30.1 Å². The van der Waals surface area contributed by atoms with E-state index in [9.17, 15) is 0 Å². The molecule has 3 rings (SSSR count). The van der Waals surface area contributed by atoms with Crippen LogP contribution >= 0.6 is 0 Å². The number of hydrogen-bond donors (Lipinski definition) is 1. The number of aryl methyl sites for hydroxylation is 1. The molecular weight excluding hydrogens is 198 g/mol. The first-order chi connectivity index (χ1) is 7.53. The minimum absolute atomic E-state index is 0.226. The summed E-state index contributed by atoms with van der Waals surface area (Å²) in [5, 5.41) is 1.25. The zero-order valence-electron chi connectivity index (χ0n) is 9.94. The highest BCUT2D eigenvalue weighted by Crippen LogP contribution is 2.58. The lowest BCUT2D eigenvalue weighted by Gasteiger charge is -2.00. The van der Waals surface area contributed by atoms with Gasteiger partial charge in [0.2, 0.25) is 0 Å². The summed E-state index contributed by atoms with van der Waals surface area (Å²) < 4.78 is 2.09. The number of nitrogens with zero attached hydrogens (tertiary/aromatic N) is 2. The van der Waals surface area contributed by atoms with E-state index in [1.165, 1.54) is 10.9 Å². The van der Waals surface area contributed by atoms with E-state index < -0.39 is 0 Å². The summed E-state index contributed by atoms with van der Waals surface area (Å²) >= 11 is 0. The molecule has 16 heavy (non-hydrogen) atoms. The monoisotopic (exact) mass is 215 g/mol. The average molecular weight is 215 g/mol. The van der Waals surface area contributed by atoms with E-state index in [4.69, 9.17) is 5.73 Å². The third kappa shape index (κ3) is 1.09. The number of nitrogens with two attached hydrogens (primary N) is 1. The molecule has 0 aromatic carbocycles. The SMILES string of the molecule is Cn1cc([C@H]2[C@H](N)C2(C)C)c2cccnc21. The van der Waals surface area contributed by atoms with Crippen LogP contribution in [-0.4, -0.2) is 15.6 Å². The normalized spacial score (nSPS) is 27.2. The molecule has 2 atom stereocenters. The lowest BCUT2D eigenvalue weighted by atomic mass is 10.0. The van der Waals surface area contributed by atoms with Crippen molar-refractivity contribution in [3.8, 4) is 0 Å². The topological polar surface area (TPSA) is 43.8 Å². The van der Waals surface area contributed by atoms with E-state index in [1.807, 2.05) is 19.3 Å².